The molecular formula is C27H35N5O7. The predicted molar refractivity (Wildman–Crippen MR) is 142 cm³/mol. The molecule has 0 aliphatic carbocycles. The molecule has 210 valence electrons. The molecule has 0 spiro atoms. The first kappa shape index (κ1) is 30.8. The zero-order valence-electron chi connectivity index (χ0n) is 21.8. The normalized spacial score (nSPS) is 13.9. The van der Waals surface area contributed by atoms with Gasteiger partial charge in [-0.2, -0.15) is 0 Å². The van der Waals surface area contributed by atoms with Crippen LogP contribution in [0.25, 0.3) is 0 Å². The van der Waals surface area contributed by atoms with Crippen molar-refractivity contribution in [1.29, 1.82) is 0 Å². The zero-order chi connectivity index (χ0) is 29.1. The lowest BCUT2D eigenvalue weighted by molar-refractivity contribution is -0.143. The molecule has 0 aliphatic rings. The van der Waals surface area contributed by atoms with E-state index < -0.39 is 66.1 Å². The van der Waals surface area contributed by atoms with Crippen molar-refractivity contribution in [2.75, 3.05) is 0 Å². The molecule has 12 heteroatoms. The molecule has 0 aliphatic heterocycles. The van der Waals surface area contributed by atoms with Gasteiger partial charge in [0.15, 0.2) is 0 Å². The minimum atomic E-state index is -1.61. The molecular weight excluding hydrogens is 506 g/mol. The molecule has 0 saturated carbocycles. The highest BCUT2D eigenvalue weighted by molar-refractivity contribution is 5.95. The molecule has 2 rings (SSSR count). The van der Waals surface area contributed by atoms with Gasteiger partial charge in [0.2, 0.25) is 23.6 Å². The lowest BCUT2D eigenvalue weighted by Gasteiger charge is -2.27. The maximum Gasteiger partial charge on any atom is 0.326 e. The van der Waals surface area contributed by atoms with E-state index in [4.69, 9.17) is 11.5 Å². The Kier molecular flexibility index (Phi) is 11.4. The average molecular weight is 542 g/mol. The fourth-order valence-electron chi connectivity index (χ4n) is 3.77. The van der Waals surface area contributed by atoms with Crippen molar-refractivity contribution in [3.63, 3.8) is 0 Å². The van der Waals surface area contributed by atoms with Gasteiger partial charge in [0.05, 0.1) is 12.5 Å². The van der Waals surface area contributed by atoms with E-state index >= 15 is 0 Å². The Balaban J connectivity index is 2.20. The number of amides is 4. The first-order valence-corrected chi connectivity index (χ1v) is 12.4. The minimum absolute atomic E-state index is 0.00869. The van der Waals surface area contributed by atoms with E-state index in [0.717, 1.165) is 5.56 Å². The molecule has 0 radical (unpaired) electrons. The summed E-state index contributed by atoms with van der Waals surface area (Å²) < 4.78 is 0. The molecule has 2 aromatic rings. The summed E-state index contributed by atoms with van der Waals surface area (Å²) in [5.74, 6) is -4.93. The molecule has 2 aromatic carbocycles. The number of hydrogen-bond acceptors (Lipinski definition) is 7. The van der Waals surface area contributed by atoms with Gasteiger partial charge in [-0.1, -0.05) is 56.3 Å². The second-order valence-corrected chi connectivity index (χ2v) is 9.53. The van der Waals surface area contributed by atoms with E-state index in [1.165, 1.54) is 24.3 Å². The standard InChI is InChI=1S/C27H35N5O7/c1-15(2)23(32-24(35)19(28)12-16-6-4-3-5-7-16)26(37)30-20(13-17-8-10-18(33)11-9-17)25(36)31-21(27(38)39)14-22(29)34/h3-11,15,19-21,23,33H,12-14,28H2,1-2H3,(H2,29,34)(H,30,37)(H,31,36)(H,32,35)(H,38,39). The predicted octanol–water partition coefficient (Wildman–Crippen LogP) is -0.425. The third kappa shape index (κ3) is 10.1. The van der Waals surface area contributed by atoms with E-state index in [0.29, 0.717) is 5.56 Å². The molecule has 0 saturated heterocycles. The Bertz CT molecular complexity index is 1150. The van der Waals surface area contributed by atoms with Crippen LogP contribution in [0.5, 0.6) is 5.75 Å². The summed E-state index contributed by atoms with van der Waals surface area (Å²) in [4.78, 5) is 62.0. The highest BCUT2D eigenvalue weighted by atomic mass is 16.4. The summed E-state index contributed by atoms with van der Waals surface area (Å²) in [7, 11) is 0. The van der Waals surface area contributed by atoms with Crippen LogP contribution in [0, 0.1) is 5.92 Å². The van der Waals surface area contributed by atoms with E-state index in [1.807, 2.05) is 30.3 Å². The fraction of sp³-hybridized carbons (Fsp3) is 0.370. The van der Waals surface area contributed by atoms with Crippen LogP contribution < -0.4 is 27.4 Å². The average Bonchev–Trinajstić information content (AvgIpc) is 2.87. The Hall–Kier alpha value is -4.45. The number of hydrogen-bond donors (Lipinski definition) is 7. The van der Waals surface area contributed by atoms with Crippen molar-refractivity contribution in [3.05, 3.63) is 65.7 Å². The van der Waals surface area contributed by atoms with Crippen molar-refractivity contribution >= 4 is 29.6 Å². The van der Waals surface area contributed by atoms with Gasteiger partial charge in [0.25, 0.3) is 0 Å². The topological polar surface area (TPSA) is 214 Å². The second kappa shape index (κ2) is 14.5. The van der Waals surface area contributed by atoms with Gasteiger partial charge in [-0.3, -0.25) is 19.2 Å². The van der Waals surface area contributed by atoms with Gasteiger partial charge in [-0.25, -0.2) is 4.79 Å². The number of carboxylic acids is 1. The number of aromatic hydroxyl groups is 1. The number of carboxylic acid groups (broad SMARTS) is 1. The molecule has 39 heavy (non-hydrogen) atoms. The highest BCUT2D eigenvalue weighted by Gasteiger charge is 2.32. The monoisotopic (exact) mass is 541 g/mol. The maximum absolute atomic E-state index is 13.3. The third-order valence-electron chi connectivity index (χ3n) is 5.91. The number of phenolic OH excluding ortho intramolecular Hbond substituents is 1. The van der Waals surface area contributed by atoms with Crippen molar-refractivity contribution in [1.82, 2.24) is 16.0 Å². The van der Waals surface area contributed by atoms with Gasteiger partial charge in [-0.05, 0) is 35.6 Å². The van der Waals surface area contributed by atoms with Crippen LogP contribution in [0.1, 0.15) is 31.4 Å². The van der Waals surface area contributed by atoms with Crippen LogP contribution in [-0.4, -0.2) is 64.0 Å². The first-order valence-electron chi connectivity index (χ1n) is 12.4. The van der Waals surface area contributed by atoms with Crippen molar-refractivity contribution < 1.29 is 34.2 Å². The number of benzene rings is 2. The first-order chi connectivity index (χ1) is 18.4. The molecule has 4 unspecified atom stereocenters. The molecule has 4 amide bonds. The molecule has 0 fully saturated rings. The Morgan fingerprint density at radius 1 is 0.769 bits per heavy atom. The van der Waals surface area contributed by atoms with E-state index in [1.54, 1.807) is 13.8 Å². The molecule has 0 aromatic heterocycles. The largest absolute Gasteiger partial charge is 0.508 e. The smallest absolute Gasteiger partial charge is 0.326 e. The fourth-order valence-corrected chi connectivity index (χ4v) is 3.77. The Labute approximate surface area is 226 Å². The zero-order valence-corrected chi connectivity index (χ0v) is 21.8. The number of carbonyl (C=O) groups is 5. The quantitative estimate of drug-likeness (QED) is 0.166. The molecule has 0 bridgehead atoms. The Morgan fingerprint density at radius 3 is 1.87 bits per heavy atom. The molecule has 9 N–H and O–H groups in total. The van der Waals surface area contributed by atoms with Gasteiger partial charge in [-0.15, -0.1) is 0 Å². The van der Waals surface area contributed by atoms with Gasteiger partial charge in [0.1, 0.15) is 23.9 Å². The van der Waals surface area contributed by atoms with Crippen molar-refractivity contribution in [2.24, 2.45) is 17.4 Å². The lowest BCUT2D eigenvalue weighted by atomic mass is 9.99. The van der Waals surface area contributed by atoms with Crippen LogP contribution in [0.15, 0.2) is 54.6 Å². The second-order valence-electron chi connectivity index (χ2n) is 9.53. The van der Waals surface area contributed by atoms with Crippen molar-refractivity contribution in [2.45, 2.75) is 57.3 Å². The van der Waals surface area contributed by atoms with E-state index in [9.17, 15) is 34.2 Å². The SMILES string of the molecule is CC(C)C(NC(=O)C(N)Cc1ccccc1)C(=O)NC(Cc1ccc(O)cc1)C(=O)NC(CC(N)=O)C(=O)O. The number of phenols is 1. The van der Waals surface area contributed by atoms with Gasteiger partial charge >= 0.3 is 5.97 Å². The van der Waals surface area contributed by atoms with Crippen molar-refractivity contribution in [3.8, 4) is 5.75 Å². The number of carbonyl (C=O) groups excluding carboxylic acids is 4. The van der Waals surface area contributed by atoms with Gasteiger partial charge in [0, 0.05) is 6.42 Å². The summed E-state index contributed by atoms with van der Waals surface area (Å²) in [5, 5.41) is 26.4. The molecule has 0 heterocycles. The minimum Gasteiger partial charge on any atom is -0.508 e. The maximum atomic E-state index is 13.3. The van der Waals surface area contributed by atoms with Crippen LogP contribution in [-0.2, 0) is 36.8 Å². The summed E-state index contributed by atoms with van der Waals surface area (Å²) >= 11 is 0. The Morgan fingerprint density at radius 2 is 1.33 bits per heavy atom. The van der Waals surface area contributed by atoms with Crippen LogP contribution in [0.4, 0.5) is 0 Å². The number of nitrogens with two attached hydrogens (primary N) is 2. The molecule has 4 atom stereocenters. The number of aliphatic carboxylic acids is 1. The third-order valence-corrected chi connectivity index (χ3v) is 5.91. The van der Waals surface area contributed by atoms with E-state index in [2.05, 4.69) is 16.0 Å². The summed E-state index contributed by atoms with van der Waals surface area (Å²) in [6, 6.07) is 10.1. The van der Waals surface area contributed by atoms with Crippen LogP contribution >= 0.6 is 0 Å². The number of nitrogens with one attached hydrogen (secondary N) is 3. The summed E-state index contributed by atoms with van der Waals surface area (Å²) in [6.45, 7) is 3.41. The summed E-state index contributed by atoms with van der Waals surface area (Å²) in [5.41, 5.74) is 12.6. The summed E-state index contributed by atoms with van der Waals surface area (Å²) in [6.07, 6.45) is -0.473. The van der Waals surface area contributed by atoms with E-state index in [-0.39, 0.29) is 18.6 Å². The van der Waals surface area contributed by atoms with Crippen LogP contribution in [0.3, 0.4) is 0 Å². The highest BCUT2D eigenvalue weighted by Crippen LogP contribution is 2.13. The number of rotatable bonds is 14. The molecule has 12 nitrogen and oxygen atoms in total. The van der Waals surface area contributed by atoms with Gasteiger partial charge < -0.3 is 37.6 Å². The van der Waals surface area contributed by atoms with Crippen LogP contribution in [0.2, 0.25) is 0 Å². The number of primary amides is 1. The lowest BCUT2D eigenvalue weighted by Crippen LogP contribution is -2.59.